The Kier molecular flexibility index (Phi) is 3.41. The molecule has 3 rings (SSSR count). The molecule has 114 valence electrons. The van der Waals surface area contributed by atoms with E-state index in [1.54, 1.807) is 13.2 Å². The van der Waals surface area contributed by atoms with E-state index in [0.717, 1.165) is 11.0 Å². The summed E-state index contributed by atoms with van der Waals surface area (Å²) < 4.78 is 18.2. The summed E-state index contributed by atoms with van der Waals surface area (Å²) in [5, 5.41) is 1.13. The number of aromatic nitrogens is 1. The topological polar surface area (TPSA) is 49.7 Å². The average Bonchev–Trinajstić information content (AvgIpc) is 2.57. The second-order valence-electron chi connectivity index (χ2n) is 4.94. The van der Waals surface area contributed by atoms with Gasteiger partial charge in [-0.1, -0.05) is 12.1 Å². The van der Waals surface area contributed by atoms with E-state index >= 15 is 0 Å². The maximum Gasteiger partial charge on any atom is 0.204 e. The zero-order valence-corrected chi connectivity index (χ0v) is 13.0. The Balaban J connectivity index is 2.64. The second kappa shape index (κ2) is 5.26. The highest BCUT2D eigenvalue weighted by Crippen LogP contribution is 2.42. The van der Waals surface area contributed by atoms with Gasteiger partial charge in [0, 0.05) is 18.5 Å². The standard InChI is InChI=1S/C17H17NO4/c1-18-11-8-6-5-7-10(11)15(19)14-12(18)9-13(20-2)16(21-3)17(14)22-4/h5-9H,1-4H3. The van der Waals surface area contributed by atoms with Crippen LogP contribution in [-0.2, 0) is 7.05 Å². The number of hydrogen-bond donors (Lipinski definition) is 0. The molecule has 0 aliphatic heterocycles. The Morgan fingerprint density at radius 2 is 1.59 bits per heavy atom. The number of hydrogen-bond acceptors (Lipinski definition) is 4. The van der Waals surface area contributed by atoms with Crippen molar-refractivity contribution in [2.75, 3.05) is 21.3 Å². The molecule has 3 aromatic rings. The summed E-state index contributed by atoms with van der Waals surface area (Å²) in [6.45, 7) is 0. The van der Waals surface area contributed by atoms with E-state index < -0.39 is 0 Å². The molecule has 1 aromatic heterocycles. The molecule has 0 radical (unpaired) electrons. The largest absolute Gasteiger partial charge is 0.493 e. The van der Waals surface area contributed by atoms with Crippen molar-refractivity contribution in [3.63, 3.8) is 0 Å². The van der Waals surface area contributed by atoms with Crippen molar-refractivity contribution >= 4 is 21.8 Å². The first-order chi connectivity index (χ1) is 10.6. The molecule has 0 saturated carbocycles. The summed E-state index contributed by atoms with van der Waals surface area (Å²) in [5.41, 5.74) is 1.51. The minimum absolute atomic E-state index is 0.0819. The minimum Gasteiger partial charge on any atom is -0.493 e. The molecule has 0 amide bonds. The van der Waals surface area contributed by atoms with Gasteiger partial charge in [0.1, 0.15) is 0 Å². The molecule has 0 spiro atoms. The van der Waals surface area contributed by atoms with Crippen LogP contribution in [0.3, 0.4) is 0 Å². The van der Waals surface area contributed by atoms with Gasteiger partial charge in [0.15, 0.2) is 11.5 Å². The molecule has 5 nitrogen and oxygen atoms in total. The molecule has 0 aliphatic rings. The Labute approximate surface area is 127 Å². The van der Waals surface area contributed by atoms with Crippen molar-refractivity contribution in [3.8, 4) is 17.2 Å². The summed E-state index contributed by atoms with van der Waals surface area (Å²) in [4.78, 5) is 12.9. The van der Waals surface area contributed by atoms with Crippen LogP contribution in [0.5, 0.6) is 17.2 Å². The summed E-state index contributed by atoms with van der Waals surface area (Å²) in [6, 6.07) is 9.28. The molecule has 5 heteroatoms. The Bertz CT molecular complexity index is 927. The van der Waals surface area contributed by atoms with Crippen LogP contribution in [0.1, 0.15) is 0 Å². The fourth-order valence-electron chi connectivity index (χ4n) is 2.85. The van der Waals surface area contributed by atoms with E-state index in [9.17, 15) is 4.79 Å². The summed E-state index contributed by atoms with van der Waals surface area (Å²) in [7, 11) is 6.51. The van der Waals surface area contributed by atoms with E-state index in [-0.39, 0.29) is 5.43 Å². The first kappa shape index (κ1) is 14.3. The van der Waals surface area contributed by atoms with Gasteiger partial charge in [-0.2, -0.15) is 0 Å². The highest BCUT2D eigenvalue weighted by Gasteiger charge is 2.21. The van der Waals surface area contributed by atoms with Gasteiger partial charge in [0.25, 0.3) is 0 Å². The van der Waals surface area contributed by atoms with Crippen LogP contribution in [0.2, 0.25) is 0 Å². The van der Waals surface area contributed by atoms with E-state index in [1.807, 2.05) is 35.9 Å². The molecule has 0 bridgehead atoms. The van der Waals surface area contributed by atoms with E-state index in [2.05, 4.69) is 0 Å². The van der Waals surface area contributed by atoms with Gasteiger partial charge in [0.2, 0.25) is 11.2 Å². The van der Waals surface area contributed by atoms with Crippen molar-refractivity contribution in [1.29, 1.82) is 0 Å². The van der Waals surface area contributed by atoms with Crippen LogP contribution in [0.15, 0.2) is 35.1 Å². The lowest BCUT2D eigenvalue weighted by Crippen LogP contribution is -2.11. The number of nitrogens with zero attached hydrogens (tertiary/aromatic N) is 1. The third-order valence-electron chi connectivity index (χ3n) is 3.91. The van der Waals surface area contributed by atoms with Crippen molar-refractivity contribution in [3.05, 3.63) is 40.6 Å². The lowest BCUT2D eigenvalue weighted by Gasteiger charge is -2.17. The molecule has 0 N–H and O–H groups in total. The van der Waals surface area contributed by atoms with Gasteiger partial charge in [-0.15, -0.1) is 0 Å². The van der Waals surface area contributed by atoms with Crippen molar-refractivity contribution in [2.24, 2.45) is 7.05 Å². The number of ether oxygens (including phenoxy) is 3. The van der Waals surface area contributed by atoms with Crippen LogP contribution >= 0.6 is 0 Å². The molecule has 0 fully saturated rings. The average molecular weight is 299 g/mol. The number of pyridine rings is 1. The molecule has 0 atom stereocenters. The maximum atomic E-state index is 12.9. The van der Waals surface area contributed by atoms with E-state index in [4.69, 9.17) is 14.2 Å². The molecule has 0 aliphatic carbocycles. The third kappa shape index (κ3) is 1.82. The SMILES string of the molecule is COc1cc2c(c(OC)c1OC)c(=O)c1ccccc1n2C. The monoisotopic (exact) mass is 299 g/mol. The number of para-hydroxylation sites is 1. The number of fused-ring (bicyclic) bond motifs is 2. The normalized spacial score (nSPS) is 10.9. The molecular weight excluding hydrogens is 282 g/mol. The van der Waals surface area contributed by atoms with Crippen LogP contribution in [0.25, 0.3) is 21.8 Å². The highest BCUT2D eigenvalue weighted by molar-refractivity contribution is 5.99. The molecule has 2 aromatic carbocycles. The number of methoxy groups -OCH3 is 3. The summed E-state index contributed by atoms with van der Waals surface area (Å²) >= 11 is 0. The molecule has 22 heavy (non-hydrogen) atoms. The minimum atomic E-state index is -0.0819. The van der Waals surface area contributed by atoms with Gasteiger partial charge in [-0.05, 0) is 12.1 Å². The number of rotatable bonds is 3. The van der Waals surface area contributed by atoms with Gasteiger partial charge < -0.3 is 18.8 Å². The summed E-state index contributed by atoms with van der Waals surface area (Å²) in [6.07, 6.45) is 0. The van der Waals surface area contributed by atoms with Gasteiger partial charge in [0.05, 0.1) is 37.7 Å². The Morgan fingerprint density at radius 3 is 2.23 bits per heavy atom. The highest BCUT2D eigenvalue weighted by atomic mass is 16.5. The molecule has 0 saturated heterocycles. The van der Waals surface area contributed by atoms with Crippen LogP contribution < -0.4 is 19.6 Å². The molecular formula is C17H17NO4. The molecule has 1 heterocycles. The fourth-order valence-corrected chi connectivity index (χ4v) is 2.85. The third-order valence-corrected chi connectivity index (χ3v) is 3.91. The first-order valence-corrected chi connectivity index (χ1v) is 6.84. The molecule has 0 unspecified atom stereocenters. The predicted molar refractivity (Wildman–Crippen MR) is 86.4 cm³/mol. The van der Waals surface area contributed by atoms with Crippen LogP contribution in [-0.4, -0.2) is 25.9 Å². The fraction of sp³-hybridized carbons (Fsp3) is 0.235. The van der Waals surface area contributed by atoms with Gasteiger partial charge >= 0.3 is 0 Å². The van der Waals surface area contributed by atoms with E-state index in [1.165, 1.54) is 14.2 Å². The van der Waals surface area contributed by atoms with Gasteiger partial charge in [-0.25, -0.2) is 0 Å². The number of aryl methyl sites for hydroxylation is 1. The summed E-state index contributed by atoms with van der Waals surface area (Å²) in [5.74, 6) is 1.34. The predicted octanol–water partition coefficient (Wildman–Crippen LogP) is 2.72. The smallest absolute Gasteiger partial charge is 0.204 e. The van der Waals surface area contributed by atoms with Crippen molar-refractivity contribution in [1.82, 2.24) is 4.57 Å². The number of benzene rings is 2. The quantitative estimate of drug-likeness (QED) is 0.698. The van der Waals surface area contributed by atoms with Crippen LogP contribution in [0.4, 0.5) is 0 Å². The maximum absolute atomic E-state index is 12.9. The zero-order chi connectivity index (χ0) is 15.9. The van der Waals surface area contributed by atoms with Crippen LogP contribution in [0, 0.1) is 0 Å². The Morgan fingerprint density at radius 1 is 0.909 bits per heavy atom. The Hall–Kier alpha value is -2.69. The first-order valence-electron chi connectivity index (χ1n) is 6.84. The lowest BCUT2D eigenvalue weighted by atomic mass is 10.1. The van der Waals surface area contributed by atoms with Crippen molar-refractivity contribution in [2.45, 2.75) is 0 Å². The zero-order valence-electron chi connectivity index (χ0n) is 13.0. The van der Waals surface area contributed by atoms with Crippen molar-refractivity contribution < 1.29 is 14.2 Å². The van der Waals surface area contributed by atoms with Gasteiger partial charge in [-0.3, -0.25) is 4.79 Å². The second-order valence-corrected chi connectivity index (χ2v) is 4.94. The van der Waals surface area contributed by atoms with E-state index in [0.29, 0.717) is 28.0 Å². The lowest BCUT2D eigenvalue weighted by molar-refractivity contribution is 0.327.